The second-order valence-corrected chi connectivity index (χ2v) is 7.19. The number of aliphatic imine (C=N–C) groups is 1. The summed E-state index contributed by atoms with van der Waals surface area (Å²) in [5.41, 5.74) is 5.67. The molecule has 0 bridgehead atoms. The monoisotopic (exact) mass is 363 g/mol. The van der Waals surface area contributed by atoms with E-state index in [1.54, 1.807) is 6.20 Å². The smallest absolute Gasteiger partial charge is 0.207 e. The maximum absolute atomic E-state index is 11.1. The van der Waals surface area contributed by atoms with Crippen LogP contribution in [-0.2, 0) is 4.79 Å². The van der Waals surface area contributed by atoms with Gasteiger partial charge in [0.15, 0.2) is 0 Å². The Morgan fingerprint density at radius 2 is 1.77 bits per heavy atom. The van der Waals surface area contributed by atoms with Gasteiger partial charge >= 0.3 is 0 Å². The van der Waals surface area contributed by atoms with Gasteiger partial charge in [0.1, 0.15) is 19.3 Å². The normalized spacial score (nSPS) is 19.4. The van der Waals surface area contributed by atoms with Gasteiger partial charge in [-0.25, -0.2) is 9.48 Å². The van der Waals surface area contributed by atoms with Gasteiger partial charge in [0.05, 0.1) is 12.2 Å². The van der Waals surface area contributed by atoms with Gasteiger partial charge in [-0.3, -0.25) is 0 Å². The highest BCUT2D eigenvalue weighted by molar-refractivity contribution is 5.80. The molecule has 1 atom stereocenters. The Morgan fingerprint density at radius 1 is 1.12 bits per heavy atom. The summed E-state index contributed by atoms with van der Waals surface area (Å²) < 4.78 is 0.223. The van der Waals surface area contributed by atoms with Gasteiger partial charge in [0.25, 0.3) is 0 Å². The molecule has 0 amide bonds. The van der Waals surface area contributed by atoms with Gasteiger partial charge in [-0.1, -0.05) is 57.6 Å². The topological polar surface area (TPSA) is 78.5 Å². The van der Waals surface area contributed by atoms with Crippen LogP contribution in [0.4, 0.5) is 0 Å². The number of allylic oxidation sites excluding steroid dienone is 2. The number of amidine groups is 1. The molecule has 1 rings (SSSR count). The number of rotatable bonds is 16. The molecule has 148 valence electrons. The van der Waals surface area contributed by atoms with Gasteiger partial charge in [-0.05, 0) is 25.7 Å². The van der Waals surface area contributed by atoms with Crippen molar-refractivity contribution in [2.45, 2.75) is 77.6 Å². The zero-order valence-corrected chi connectivity index (χ0v) is 16.5. The zero-order valence-electron chi connectivity index (χ0n) is 16.5. The number of quaternary nitrogens is 1. The molecule has 0 aromatic heterocycles. The SMILES string of the molecule is CCCCCCCCC/C=C/CCCC1=NC=C[N+]1(CCN)CC(=O)[O-]. The predicted octanol–water partition coefficient (Wildman–Crippen LogP) is 3.26. The summed E-state index contributed by atoms with van der Waals surface area (Å²) in [5, 5.41) is 11.1. The lowest BCUT2D eigenvalue weighted by Gasteiger charge is -2.32. The number of carboxylic acid groups (broad SMARTS) is 1. The Hall–Kier alpha value is -1.46. The molecular formula is C21H37N3O2. The summed E-state index contributed by atoms with van der Waals surface area (Å²) >= 11 is 0. The largest absolute Gasteiger partial charge is 0.544 e. The molecule has 5 heteroatoms. The Bertz CT molecular complexity index is 486. The van der Waals surface area contributed by atoms with E-state index in [1.165, 1.54) is 44.9 Å². The average molecular weight is 364 g/mol. The standard InChI is InChI=1S/C21H37N3O2/c1-2-3-4-5-6-7-8-9-10-11-12-13-14-20-23-16-18-24(20,17-15-22)19-21(25)26/h10-11,16,18H,2-9,12-15,17,19,22H2,1H3/b11-10+. The van der Waals surface area contributed by atoms with Crippen molar-refractivity contribution in [1.29, 1.82) is 0 Å². The molecule has 1 unspecified atom stereocenters. The van der Waals surface area contributed by atoms with E-state index in [1.807, 2.05) is 6.20 Å². The van der Waals surface area contributed by atoms with E-state index >= 15 is 0 Å². The van der Waals surface area contributed by atoms with Crippen LogP contribution < -0.4 is 10.8 Å². The molecule has 2 N–H and O–H groups in total. The van der Waals surface area contributed by atoms with Crippen molar-refractivity contribution in [1.82, 2.24) is 0 Å². The maximum Gasteiger partial charge on any atom is 0.207 e. The third-order valence-electron chi connectivity index (χ3n) is 4.94. The first-order valence-electron chi connectivity index (χ1n) is 10.3. The first-order chi connectivity index (χ1) is 12.6. The average Bonchev–Trinajstić information content (AvgIpc) is 2.97. The molecule has 0 aliphatic carbocycles. The van der Waals surface area contributed by atoms with E-state index in [4.69, 9.17) is 5.73 Å². The number of carbonyl (C=O) groups excluding carboxylic acids is 1. The molecule has 0 aromatic rings. The van der Waals surface area contributed by atoms with Gasteiger partial charge in [-0.2, -0.15) is 0 Å². The fourth-order valence-corrected chi connectivity index (χ4v) is 3.46. The third kappa shape index (κ3) is 8.77. The van der Waals surface area contributed by atoms with Crippen molar-refractivity contribution < 1.29 is 14.4 Å². The predicted molar refractivity (Wildman–Crippen MR) is 106 cm³/mol. The van der Waals surface area contributed by atoms with E-state index in [9.17, 15) is 9.90 Å². The lowest BCUT2D eigenvalue weighted by molar-refractivity contribution is -0.780. The van der Waals surface area contributed by atoms with Crippen molar-refractivity contribution in [3.8, 4) is 0 Å². The van der Waals surface area contributed by atoms with Crippen LogP contribution in [0.1, 0.15) is 77.6 Å². The molecule has 0 aromatic carbocycles. The molecule has 0 spiro atoms. The minimum Gasteiger partial charge on any atom is -0.544 e. The number of aliphatic carboxylic acids is 1. The summed E-state index contributed by atoms with van der Waals surface area (Å²) in [5.74, 6) is -0.174. The third-order valence-corrected chi connectivity index (χ3v) is 4.94. The number of nitrogens with zero attached hydrogens (tertiary/aromatic N) is 2. The van der Waals surface area contributed by atoms with E-state index in [-0.39, 0.29) is 11.0 Å². The van der Waals surface area contributed by atoms with E-state index in [0.29, 0.717) is 13.1 Å². The van der Waals surface area contributed by atoms with E-state index in [0.717, 1.165) is 31.5 Å². The Labute approximate surface area is 159 Å². The molecule has 0 fully saturated rings. The van der Waals surface area contributed by atoms with Crippen LogP contribution in [0.25, 0.3) is 0 Å². The highest BCUT2D eigenvalue weighted by atomic mass is 16.4. The second kappa shape index (κ2) is 13.7. The highest BCUT2D eigenvalue weighted by Crippen LogP contribution is 2.20. The Balaban J connectivity index is 2.17. The van der Waals surface area contributed by atoms with Crippen LogP contribution in [0.15, 0.2) is 29.5 Å². The van der Waals surface area contributed by atoms with Crippen LogP contribution in [-0.4, -0.2) is 35.9 Å². The number of carbonyl (C=O) groups is 1. The van der Waals surface area contributed by atoms with Crippen LogP contribution >= 0.6 is 0 Å². The van der Waals surface area contributed by atoms with Crippen LogP contribution in [0.3, 0.4) is 0 Å². The summed E-state index contributed by atoms with van der Waals surface area (Å²) in [7, 11) is 0. The molecule has 0 saturated heterocycles. The molecule has 0 radical (unpaired) electrons. The van der Waals surface area contributed by atoms with Gasteiger partial charge in [-0.15, -0.1) is 0 Å². The number of hydrogen-bond donors (Lipinski definition) is 1. The van der Waals surface area contributed by atoms with Crippen molar-refractivity contribution >= 4 is 11.8 Å². The number of carboxylic acids is 1. The minimum atomic E-state index is -1.06. The molecule has 1 aliphatic rings. The first-order valence-corrected chi connectivity index (χ1v) is 10.3. The van der Waals surface area contributed by atoms with Crippen LogP contribution in [0.5, 0.6) is 0 Å². The van der Waals surface area contributed by atoms with Crippen molar-refractivity contribution in [3.05, 3.63) is 24.6 Å². The maximum atomic E-state index is 11.1. The van der Waals surface area contributed by atoms with Crippen molar-refractivity contribution in [3.63, 3.8) is 0 Å². The number of nitrogens with two attached hydrogens (primary N) is 1. The van der Waals surface area contributed by atoms with E-state index < -0.39 is 5.97 Å². The Kier molecular flexibility index (Phi) is 11.9. The van der Waals surface area contributed by atoms with E-state index in [2.05, 4.69) is 24.1 Å². The lowest BCUT2D eigenvalue weighted by Crippen LogP contribution is -2.55. The molecule has 26 heavy (non-hydrogen) atoms. The molecular weight excluding hydrogens is 326 g/mol. The first kappa shape index (κ1) is 22.6. The van der Waals surface area contributed by atoms with Gasteiger partial charge in [0.2, 0.25) is 5.84 Å². The lowest BCUT2D eigenvalue weighted by atomic mass is 10.1. The van der Waals surface area contributed by atoms with Crippen molar-refractivity contribution in [2.24, 2.45) is 10.7 Å². The van der Waals surface area contributed by atoms with Crippen LogP contribution in [0, 0.1) is 0 Å². The summed E-state index contributed by atoms with van der Waals surface area (Å²) in [6, 6.07) is 0. The summed E-state index contributed by atoms with van der Waals surface area (Å²) in [6.07, 6.45) is 21.4. The highest BCUT2D eigenvalue weighted by Gasteiger charge is 2.34. The summed E-state index contributed by atoms with van der Waals surface area (Å²) in [6.45, 7) is 3.15. The van der Waals surface area contributed by atoms with Gasteiger partial charge in [0, 0.05) is 13.0 Å². The minimum absolute atomic E-state index is 0.0827. The molecule has 5 nitrogen and oxygen atoms in total. The number of unbranched alkanes of at least 4 members (excludes halogenated alkanes) is 8. The molecule has 1 heterocycles. The molecule has 0 saturated carbocycles. The van der Waals surface area contributed by atoms with Crippen molar-refractivity contribution in [2.75, 3.05) is 19.6 Å². The summed E-state index contributed by atoms with van der Waals surface area (Å²) in [4.78, 5) is 15.5. The fraction of sp³-hybridized carbons (Fsp3) is 0.714. The molecule has 1 aliphatic heterocycles. The Morgan fingerprint density at radius 3 is 2.42 bits per heavy atom. The fourth-order valence-electron chi connectivity index (χ4n) is 3.46. The number of hydrogen-bond acceptors (Lipinski definition) is 4. The second-order valence-electron chi connectivity index (χ2n) is 7.19. The van der Waals surface area contributed by atoms with Crippen LogP contribution in [0.2, 0.25) is 0 Å². The quantitative estimate of drug-likeness (QED) is 0.260. The van der Waals surface area contributed by atoms with Gasteiger partial charge < -0.3 is 15.6 Å². The zero-order chi connectivity index (χ0) is 19.1.